The van der Waals surface area contributed by atoms with E-state index in [-0.39, 0.29) is 17.5 Å². The molecule has 1 aliphatic heterocycles. The molecule has 1 saturated heterocycles. The minimum atomic E-state index is -3.55. The van der Waals surface area contributed by atoms with Gasteiger partial charge < -0.3 is 5.11 Å². The number of hydrogen-bond donors (Lipinski definition) is 1. The summed E-state index contributed by atoms with van der Waals surface area (Å²) >= 11 is 0. The molecular formula is C16H21NO3S. The van der Waals surface area contributed by atoms with E-state index in [0.29, 0.717) is 18.0 Å². The lowest BCUT2D eigenvalue weighted by Crippen LogP contribution is -2.44. The SMILES string of the molecule is CC1CCN(S(=O)(=O)c2ccccc2C#CCO)C(C)C1. The number of sulfonamides is 1. The first-order chi connectivity index (χ1) is 9.96. The molecule has 2 atom stereocenters. The van der Waals surface area contributed by atoms with Gasteiger partial charge in [-0.25, -0.2) is 8.42 Å². The predicted octanol–water partition coefficient (Wildman–Crippen LogP) is 1.84. The van der Waals surface area contributed by atoms with Gasteiger partial charge in [0.15, 0.2) is 0 Å². The molecule has 114 valence electrons. The molecule has 1 N–H and O–H groups in total. The molecular weight excluding hydrogens is 286 g/mol. The maximum atomic E-state index is 12.9. The Morgan fingerprint density at radius 1 is 1.33 bits per heavy atom. The molecule has 0 aliphatic carbocycles. The largest absolute Gasteiger partial charge is 0.384 e. The van der Waals surface area contributed by atoms with Crippen molar-refractivity contribution in [3.05, 3.63) is 29.8 Å². The number of aliphatic hydroxyl groups is 1. The second-order valence-corrected chi connectivity index (χ2v) is 7.41. The van der Waals surface area contributed by atoms with Gasteiger partial charge in [-0.05, 0) is 37.8 Å². The van der Waals surface area contributed by atoms with Crippen molar-refractivity contribution in [2.24, 2.45) is 5.92 Å². The third-order valence-electron chi connectivity index (χ3n) is 3.85. The molecule has 0 aromatic heterocycles. The van der Waals surface area contributed by atoms with Gasteiger partial charge in [0.1, 0.15) is 6.61 Å². The number of hydrogen-bond acceptors (Lipinski definition) is 3. The lowest BCUT2D eigenvalue weighted by atomic mass is 9.95. The summed E-state index contributed by atoms with van der Waals surface area (Å²) in [5.41, 5.74) is 0.442. The van der Waals surface area contributed by atoms with E-state index in [2.05, 4.69) is 18.8 Å². The summed E-state index contributed by atoms with van der Waals surface area (Å²) in [6.45, 7) is 4.37. The summed E-state index contributed by atoms with van der Waals surface area (Å²) in [4.78, 5) is 0.229. The van der Waals surface area contributed by atoms with Crippen molar-refractivity contribution in [3.63, 3.8) is 0 Å². The first-order valence-corrected chi connectivity index (χ1v) is 8.61. The molecule has 0 amide bonds. The van der Waals surface area contributed by atoms with Crippen LogP contribution in [-0.2, 0) is 10.0 Å². The second-order valence-electron chi connectivity index (χ2n) is 5.55. The van der Waals surface area contributed by atoms with Crippen LogP contribution in [0.25, 0.3) is 0 Å². The van der Waals surface area contributed by atoms with E-state index >= 15 is 0 Å². The van der Waals surface area contributed by atoms with Crippen molar-refractivity contribution in [2.45, 2.75) is 37.6 Å². The third-order valence-corrected chi connectivity index (χ3v) is 5.92. The fraction of sp³-hybridized carbons (Fsp3) is 0.500. The zero-order valence-electron chi connectivity index (χ0n) is 12.4. The van der Waals surface area contributed by atoms with Crippen molar-refractivity contribution in [2.75, 3.05) is 13.2 Å². The fourth-order valence-electron chi connectivity index (χ4n) is 2.80. The summed E-state index contributed by atoms with van der Waals surface area (Å²) in [6, 6.07) is 6.71. The second kappa shape index (κ2) is 6.61. The molecule has 4 nitrogen and oxygen atoms in total. The fourth-order valence-corrected chi connectivity index (χ4v) is 4.60. The van der Waals surface area contributed by atoms with E-state index in [1.807, 2.05) is 6.92 Å². The lowest BCUT2D eigenvalue weighted by molar-refractivity contribution is 0.220. The molecule has 0 bridgehead atoms. The van der Waals surface area contributed by atoms with Crippen LogP contribution in [0.2, 0.25) is 0 Å². The van der Waals surface area contributed by atoms with Gasteiger partial charge in [0, 0.05) is 18.2 Å². The Morgan fingerprint density at radius 2 is 2.05 bits per heavy atom. The molecule has 0 saturated carbocycles. The monoisotopic (exact) mass is 307 g/mol. The molecule has 1 aliphatic rings. The highest BCUT2D eigenvalue weighted by atomic mass is 32.2. The minimum absolute atomic E-state index is 0.00222. The van der Waals surface area contributed by atoms with Gasteiger partial charge in [-0.1, -0.05) is 30.9 Å². The Kier molecular flexibility index (Phi) is 5.04. The van der Waals surface area contributed by atoms with Crippen LogP contribution in [0.1, 0.15) is 32.3 Å². The first kappa shape index (κ1) is 16.0. The average Bonchev–Trinajstić information content (AvgIpc) is 2.45. The molecule has 2 rings (SSSR count). The van der Waals surface area contributed by atoms with Gasteiger partial charge in [-0.15, -0.1) is 0 Å². The summed E-state index contributed by atoms with van der Waals surface area (Å²) < 4.78 is 27.3. The van der Waals surface area contributed by atoms with Crippen LogP contribution in [0.5, 0.6) is 0 Å². The first-order valence-electron chi connectivity index (χ1n) is 7.17. The third kappa shape index (κ3) is 3.46. The number of aliphatic hydroxyl groups excluding tert-OH is 1. The van der Waals surface area contributed by atoms with Gasteiger partial charge in [-0.2, -0.15) is 4.31 Å². The predicted molar refractivity (Wildman–Crippen MR) is 82.2 cm³/mol. The molecule has 5 heteroatoms. The number of nitrogens with zero attached hydrogens (tertiary/aromatic N) is 1. The van der Waals surface area contributed by atoms with E-state index in [0.717, 1.165) is 12.8 Å². The smallest absolute Gasteiger partial charge is 0.244 e. The zero-order chi connectivity index (χ0) is 15.5. The Balaban J connectivity index is 2.40. The van der Waals surface area contributed by atoms with Crippen LogP contribution in [0.3, 0.4) is 0 Å². The number of rotatable bonds is 2. The lowest BCUT2D eigenvalue weighted by Gasteiger charge is -2.35. The summed E-state index contributed by atoms with van der Waals surface area (Å²) in [5.74, 6) is 5.80. The molecule has 1 heterocycles. The highest BCUT2D eigenvalue weighted by molar-refractivity contribution is 7.89. The summed E-state index contributed by atoms with van der Waals surface area (Å²) in [6.07, 6.45) is 1.76. The Morgan fingerprint density at radius 3 is 2.71 bits per heavy atom. The molecule has 0 spiro atoms. The van der Waals surface area contributed by atoms with Gasteiger partial charge in [0.05, 0.1) is 4.90 Å². The summed E-state index contributed by atoms with van der Waals surface area (Å²) in [5, 5.41) is 8.81. The van der Waals surface area contributed by atoms with E-state index in [1.54, 1.807) is 28.6 Å². The average molecular weight is 307 g/mol. The topological polar surface area (TPSA) is 57.6 Å². The Labute approximate surface area is 126 Å². The van der Waals surface area contributed by atoms with Gasteiger partial charge >= 0.3 is 0 Å². The molecule has 0 radical (unpaired) electrons. The molecule has 1 aromatic rings. The van der Waals surface area contributed by atoms with E-state index < -0.39 is 10.0 Å². The maximum Gasteiger partial charge on any atom is 0.244 e. The van der Waals surface area contributed by atoms with Crippen LogP contribution in [0, 0.1) is 17.8 Å². The van der Waals surface area contributed by atoms with Crippen molar-refractivity contribution in [1.29, 1.82) is 0 Å². The Hall–Kier alpha value is -1.35. The molecule has 21 heavy (non-hydrogen) atoms. The van der Waals surface area contributed by atoms with Crippen molar-refractivity contribution in [1.82, 2.24) is 4.31 Å². The van der Waals surface area contributed by atoms with Crippen molar-refractivity contribution >= 4 is 10.0 Å². The maximum absolute atomic E-state index is 12.9. The van der Waals surface area contributed by atoms with E-state index in [4.69, 9.17) is 5.11 Å². The van der Waals surface area contributed by atoms with E-state index in [9.17, 15) is 8.42 Å². The van der Waals surface area contributed by atoms with E-state index in [1.165, 1.54) is 0 Å². The molecule has 1 fully saturated rings. The van der Waals surface area contributed by atoms with Crippen LogP contribution in [0.15, 0.2) is 29.2 Å². The number of piperidine rings is 1. The van der Waals surface area contributed by atoms with Crippen molar-refractivity contribution < 1.29 is 13.5 Å². The highest BCUT2D eigenvalue weighted by Crippen LogP contribution is 2.29. The number of benzene rings is 1. The van der Waals surface area contributed by atoms with Crippen LogP contribution in [0.4, 0.5) is 0 Å². The van der Waals surface area contributed by atoms with Crippen molar-refractivity contribution in [3.8, 4) is 11.8 Å². The van der Waals surface area contributed by atoms with Crippen LogP contribution >= 0.6 is 0 Å². The molecule has 2 unspecified atom stereocenters. The van der Waals surface area contributed by atoms with Gasteiger partial charge in [-0.3, -0.25) is 0 Å². The highest BCUT2D eigenvalue weighted by Gasteiger charge is 2.34. The van der Waals surface area contributed by atoms with Gasteiger partial charge in [0.25, 0.3) is 0 Å². The van der Waals surface area contributed by atoms with Crippen LogP contribution in [-0.4, -0.2) is 37.0 Å². The Bertz CT molecular complexity index is 658. The quantitative estimate of drug-likeness (QED) is 0.848. The zero-order valence-corrected chi connectivity index (χ0v) is 13.2. The van der Waals surface area contributed by atoms with Crippen LogP contribution < -0.4 is 0 Å². The standard InChI is InChI=1S/C16H21NO3S/c1-13-9-10-17(14(2)12-13)21(19,20)16-8-4-3-6-15(16)7-5-11-18/h3-4,6,8,13-14,18H,9-12H2,1-2H3. The minimum Gasteiger partial charge on any atom is -0.384 e. The normalized spacial score (nSPS) is 23.4. The molecule has 1 aromatic carbocycles. The summed E-state index contributed by atoms with van der Waals surface area (Å²) in [7, 11) is -3.55. The van der Waals surface area contributed by atoms with Gasteiger partial charge in [0.2, 0.25) is 10.0 Å².